The minimum absolute atomic E-state index is 0.0115. The summed E-state index contributed by atoms with van der Waals surface area (Å²) in [5, 5.41) is 13.4. The molecule has 1 amide bonds. The molecule has 0 spiro atoms. The number of nitrogens with one attached hydrogen (secondary N) is 1. The van der Waals surface area contributed by atoms with Crippen molar-refractivity contribution in [2.45, 2.75) is 13.0 Å². The Morgan fingerprint density at radius 1 is 1.11 bits per heavy atom. The SMILES string of the molecule is COc1ccc(C(=O)O[C@@H](C)C(=O)Nc2ccccc2[N+](=O)[O-])c(OC)c1. The maximum Gasteiger partial charge on any atom is 0.342 e. The molecule has 0 aliphatic heterocycles. The molecule has 0 bridgehead atoms. The summed E-state index contributed by atoms with van der Waals surface area (Å²) in [6.45, 7) is 1.36. The van der Waals surface area contributed by atoms with Gasteiger partial charge in [0.05, 0.1) is 19.1 Å². The highest BCUT2D eigenvalue weighted by Crippen LogP contribution is 2.26. The first-order valence-corrected chi connectivity index (χ1v) is 7.84. The van der Waals surface area contributed by atoms with Gasteiger partial charge in [0, 0.05) is 12.1 Å². The van der Waals surface area contributed by atoms with Crippen molar-refractivity contribution in [2.24, 2.45) is 0 Å². The van der Waals surface area contributed by atoms with Crippen LogP contribution in [0, 0.1) is 10.1 Å². The lowest BCUT2D eigenvalue weighted by Gasteiger charge is -2.15. The number of rotatable bonds is 7. The third-order valence-corrected chi connectivity index (χ3v) is 3.64. The van der Waals surface area contributed by atoms with E-state index in [1.807, 2.05) is 0 Å². The van der Waals surface area contributed by atoms with Crippen LogP contribution in [0.2, 0.25) is 0 Å². The van der Waals surface area contributed by atoms with Crippen molar-refractivity contribution in [3.05, 3.63) is 58.1 Å². The van der Waals surface area contributed by atoms with E-state index in [1.165, 1.54) is 51.5 Å². The molecule has 0 aliphatic rings. The Hall–Kier alpha value is -3.62. The zero-order valence-electron chi connectivity index (χ0n) is 14.9. The summed E-state index contributed by atoms with van der Waals surface area (Å²) in [5.74, 6) is -0.763. The maximum atomic E-state index is 12.3. The van der Waals surface area contributed by atoms with E-state index >= 15 is 0 Å². The van der Waals surface area contributed by atoms with Crippen LogP contribution in [0.15, 0.2) is 42.5 Å². The van der Waals surface area contributed by atoms with Crippen LogP contribution in [0.25, 0.3) is 0 Å². The van der Waals surface area contributed by atoms with E-state index in [9.17, 15) is 19.7 Å². The summed E-state index contributed by atoms with van der Waals surface area (Å²) in [4.78, 5) is 35.0. The van der Waals surface area contributed by atoms with Crippen molar-refractivity contribution < 1.29 is 28.7 Å². The first-order chi connectivity index (χ1) is 12.9. The Bertz CT molecular complexity index is 867. The molecule has 27 heavy (non-hydrogen) atoms. The normalized spacial score (nSPS) is 11.2. The van der Waals surface area contributed by atoms with Crippen LogP contribution in [0.1, 0.15) is 17.3 Å². The van der Waals surface area contributed by atoms with E-state index in [2.05, 4.69) is 5.32 Å². The molecule has 1 N–H and O–H groups in total. The van der Waals surface area contributed by atoms with Crippen molar-refractivity contribution in [2.75, 3.05) is 19.5 Å². The topological polar surface area (TPSA) is 117 Å². The fourth-order valence-corrected chi connectivity index (χ4v) is 2.22. The van der Waals surface area contributed by atoms with Crippen LogP contribution in [-0.2, 0) is 9.53 Å². The van der Waals surface area contributed by atoms with Crippen molar-refractivity contribution in [1.82, 2.24) is 0 Å². The van der Waals surface area contributed by atoms with Gasteiger partial charge in [0.1, 0.15) is 22.7 Å². The molecule has 9 heteroatoms. The van der Waals surface area contributed by atoms with E-state index in [-0.39, 0.29) is 22.7 Å². The van der Waals surface area contributed by atoms with Crippen molar-refractivity contribution >= 4 is 23.3 Å². The minimum atomic E-state index is -1.19. The number of hydrogen-bond acceptors (Lipinski definition) is 7. The smallest absolute Gasteiger partial charge is 0.342 e. The number of ether oxygens (including phenoxy) is 3. The summed E-state index contributed by atoms with van der Waals surface area (Å²) < 4.78 is 15.3. The van der Waals surface area contributed by atoms with Gasteiger partial charge in [0.2, 0.25) is 0 Å². The molecule has 1 atom stereocenters. The number of hydrogen-bond donors (Lipinski definition) is 1. The molecule has 0 aromatic heterocycles. The molecule has 9 nitrogen and oxygen atoms in total. The summed E-state index contributed by atoms with van der Waals surface area (Å²) >= 11 is 0. The number of nitrogens with zero attached hydrogens (tertiary/aromatic N) is 1. The number of benzene rings is 2. The summed E-state index contributed by atoms with van der Waals surface area (Å²) in [6, 6.07) is 10.2. The molecule has 0 aliphatic carbocycles. The number of carbonyl (C=O) groups excluding carboxylic acids is 2. The molecule has 0 saturated heterocycles. The molecule has 2 rings (SSSR count). The van der Waals surface area contributed by atoms with Crippen LogP contribution in [0.4, 0.5) is 11.4 Å². The molecule has 142 valence electrons. The van der Waals surface area contributed by atoms with Crippen LogP contribution in [0.3, 0.4) is 0 Å². The lowest BCUT2D eigenvalue weighted by atomic mass is 10.2. The standard InChI is InChI=1S/C18H18N2O7/c1-11(17(21)19-14-6-4-5-7-15(14)20(23)24)27-18(22)13-9-8-12(25-2)10-16(13)26-3/h4-11H,1-3H3,(H,19,21)/t11-/m0/s1. The Labute approximate surface area is 155 Å². The fourth-order valence-electron chi connectivity index (χ4n) is 2.22. The van der Waals surface area contributed by atoms with Gasteiger partial charge < -0.3 is 19.5 Å². The number of anilines is 1. The van der Waals surface area contributed by atoms with Crippen LogP contribution in [-0.4, -0.2) is 37.1 Å². The average molecular weight is 374 g/mol. The highest BCUT2D eigenvalue weighted by atomic mass is 16.6. The Morgan fingerprint density at radius 2 is 1.81 bits per heavy atom. The van der Waals surface area contributed by atoms with Gasteiger partial charge in [-0.25, -0.2) is 4.79 Å². The van der Waals surface area contributed by atoms with Gasteiger partial charge in [-0.05, 0) is 25.1 Å². The van der Waals surface area contributed by atoms with Crippen molar-refractivity contribution in [3.63, 3.8) is 0 Å². The van der Waals surface area contributed by atoms with Crippen LogP contribution < -0.4 is 14.8 Å². The summed E-state index contributed by atoms with van der Waals surface area (Å²) in [7, 11) is 2.86. The van der Waals surface area contributed by atoms with E-state index in [0.29, 0.717) is 5.75 Å². The molecular formula is C18H18N2O7. The second-order valence-corrected chi connectivity index (χ2v) is 5.38. The Kier molecular flexibility index (Phi) is 6.32. The van der Waals surface area contributed by atoms with Crippen molar-refractivity contribution in [3.8, 4) is 11.5 Å². The lowest BCUT2D eigenvalue weighted by Crippen LogP contribution is -2.30. The van der Waals surface area contributed by atoms with E-state index in [0.717, 1.165) is 0 Å². The van der Waals surface area contributed by atoms with Gasteiger partial charge in [0.25, 0.3) is 11.6 Å². The number of nitro groups is 1. The monoisotopic (exact) mass is 374 g/mol. The van der Waals surface area contributed by atoms with Crippen LogP contribution >= 0.6 is 0 Å². The minimum Gasteiger partial charge on any atom is -0.497 e. The molecule has 0 saturated carbocycles. The summed E-state index contributed by atoms with van der Waals surface area (Å²) in [5.41, 5.74) is -0.137. The third kappa shape index (κ3) is 4.72. The first kappa shape index (κ1) is 19.7. The predicted molar refractivity (Wildman–Crippen MR) is 96.1 cm³/mol. The number of esters is 1. The second kappa shape index (κ2) is 8.65. The quantitative estimate of drug-likeness (QED) is 0.450. The average Bonchev–Trinajstić information content (AvgIpc) is 2.67. The van der Waals surface area contributed by atoms with Gasteiger partial charge >= 0.3 is 5.97 Å². The van der Waals surface area contributed by atoms with E-state index in [1.54, 1.807) is 12.1 Å². The molecule has 0 radical (unpaired) electrons. The van der Waals surface area contributed by atoms with Gasteiger partial charge in [-0.15, -0.1) is 0 Å². The zero-order chi connectivity index (χ0) is 20.0. The largest absolute Gasteiger partial charge is 0.497 e. The third-order valence-electron chi connectivity index (χ3n) is 3.64. The van der Waals surface area contributed by atoms with E-state index < -0.39 is 22.9 Å². The number of methoxy groups -OCH3 is 2. The number of carbonyl (C=O) groups is 2. The second-order valence-electron chi connectivity index (χ2n) is 5.38. The van der Waals surface area contributed by atoms with Crippen LogP contribution in [0.5, 0.6) is 11.5 Å². The van der Waals surface area contributed by atoms with Gasteiger partial charge in [-0.1, -0.05) is 12.1 Å². The fraction of sp³-hybridized carbons (Fsp3) is 0.222. The Morgan fingerprint density at radius 3 is 2.44 bits per heavy atom. The number of nitro benzene ring substituents is 1. The van der Waals surface area contributed by atoms with Gasteiger partial charge in [0.15, 0.2) is 6.10 Å². The number of amides is 1. The molecular weight excluding hydrogens is 356 g/mol. The number of para-hydroxylation sites is 2. The zero-order valence-corrected chi connectivity index (χ0v) is 14.9. The molecule has 2 aromatic carbocycles. The van der Waals surface area contributed by atoms with Gasteiger partial charge in [-0.2, -0.15) is 0 Å². The molecule has 0 heterocycles. The van der Waals surface area contributed by atoms with Gasteiger partial charge in [-0.3, -0.25) is 14.9 Å². The highest BCUT2D eigenvalue weighted by molar-refractivity contribution is 5.99. The molecule has 0 fully saturated rings. The summed E-state index contributed by atoms with van der Waals surface area (Å²) in [6.07, 6.45) is -1.19. The first-order valence-electron chi connectivity index (χ1n) is 7.84. The molecule has 2 aromatic rings. The molecule has 0 unspecified atom stereocenters. The maximum absolute atomic E-state index is 12.3. The highest BCUT2D eigenvalue weighted by Gasteiger charge is 2.24. The van der Waals surface area contributed by atoms with Crippen molar-refractivity contribution in [1.29, 1.82) is 0 Å². The van der Waals surface area contributed by atoms with E-state index in [4.69, 9.17) is 14.2 Å². The predicted octanol–water partition coefficient (Wildman–Crippen LogP) is 2.80. The Balaban J connectivity index is 2.11. The lowest BCUT2D eigenvalue weighted by molar-refractivity contribution is -0.383.